The number of nitrogens with one attached hydrogen (secondary N) is 1. The van der Waals surface area contributed by atoms with E-state index in [2.05, 4.69) is 15.2 Å². The second kappa shape index (κ2) is 5.75. The van der Waals surface area contributed by atoms with Gasteiger partial charge in [-0.2, -0.15) is 0 Å². The fourth-order valence-electron chi connectivity index (χ4n) is 3.35. The van der Waals surface area contributed by atoms with Gasteiger partial charge in [-0.3, -0.25) is 15.0 Å². The van der Waals surface area contributed by atoms with Crippen LogP contribution in [0.2, 0.25) is 0 Å². The van der Waals surface area contributed by atoms with Gasteiger partial charge in [-0.15, -0.1) is 0 Å². The van der Waals surface area contributed by atoms with E-state index < -0.39 is 0 Å². The van der Waals surface area contributed by atoms with E-state index in [1.165, 1.54) is 31.7 Å². The van der Waals surface area contributed by atoms with Gasteiger partial charge in [0.15, 0.2) is 0 Å². The molecule has 2 heterocycles. The Morgan fingerprint density at radius 1 is 1.35 bits per heavy atom. The third kappa shape index (κ3) is 2.75. The Morgan fingerprint density at radius 3 is 2.90 bits per heavy atom. The fraction of sp³-hybridized carbons (Fsp3) is 0.643. The summed E-state index contributed by atoms with van der Waals surface area (Å²) in [4.78, 5) is 17.3. The largest absolute Gasteiger partial charge is 0.360 e. The van der Waals surface area contributed by atoms with Gasteiger partial charge in [0.2, 0.25) is 5.82 Å². The second-order valence-electron chi connectivity index (χ2n) is 5.69. The molecule has 1 N–H and O–H groups in total. The van der Waals surface area contributed by atoms with E-state index in [1.807, 2.05) is 0 Å². The Labute approximate surface area is 118 Å². The lowest BCUT2D eigenvalue weighted by atomic mass is 10.2. The van der Waals surface area contributed by atoms with E-state index >= 15 is 0 Å². The van der Waals surface area contributed by atoms with Crippen molar-refractivity contribution in [3.05, 3.63) is 28.4 Å². The maximum Gasteiger partial charge on any atom is 0.311 e. The summed E-state index contributed by atoms with van der Waals surface area (Å²) in [5.41, 5.74) is 0.0619. The van der Waals surface area contributed by atoms with Crippen molar-refractivity contribution in [2.24, 2.45) is 0 Å². The number of hydrogen-bond acceptors (Lipinski definition) is 5. The van der Waals surface area contributed by atoms with Gasteiger partial charge in [0.1, 0.15) is 0 Å². The SMILES string of the molecule is O=[N+]([O-])c1cccnc1NC1CCN(C2CCCC2)C1. The molecule has 0 spiro atoms. The molecule has 2 fully saturated rings. The Bertz CT molecular complexity index is 488. The standard InChI is InChI=1S/C14H20N4O2/c19-18(20)13-6-3-8-15-14(13)16-11-7-9-17(10-11)12-4-1-2-5-12/h3,6,8,11-12H,1-2,4-5,7,9-10H2,(H,15,16). The van der Waals surface area contributed by atoms with Gasteiger partial charge in [0, 0.05) is 37.4 Å². The lowest BCUT2D eigenvalue weighted by Gasteiger charge is -2.23. The van der Waals surface area contributed by atoms with Crippen LogP contribution in [-0.2, 0) is 0 Å². The van der Waals surface area contributed by atoms with Crippen molar-refractivity contribution in [3.63, 3.8) is 0 Å². The summed E-state index contributed by atoms with van der Waals surface area (Å²) in [6.45, 7) is 2.06. The van der Waals surface area contributed by atoms with Crippen molar-refractivity contribution in [1.29, 1.82) is 0 Å². The first kappa shape index (κ1) is 13.3. The molecule has 1 atom stereocenters. The third-order valence-electron chi connectivity index (χ3n) is 4.38. The van der Waals surface area contributed by atoms with Crippen LogP contribution in [0.3, 0.4) is 0 Å². The average Bonchev–Trinajstić information content (AvgIpc) is 3.09. The summed E-state index contributed by atoms with van der Waals surface area (Å²) >= 11 is 0. The van der Waals surface area contributed by atoms with Gasteiger partial charge in [-0.1, -0.05) is 12.8 Å². The molecular formula is C14H20N4O2. The van der Waals surface area contributed by atoms with Crippen LogP contribution in [0.1, 0.15) is 32.1 Å². The summed E-state index contributed by atoms with van der Waals surface area (Å²) < 4.78 is 0. The van der Waals surface area contributed by atoms with Crippen molar-refractivity contribution < 1.29 is 4.92 Å². The fourth-order valence-corrected chi connectivity index (χ4v) is 3.35. The van der Waals surface area contributed by atoms with E-state index in [9.17, 15) is 10.1 Å². The normalized spacial score (nSPS) is 24.1. The van der Waals surface area contributed by atoms with Crippen LogP contribution in [0.4, 0.5) is 11.5 Å². The smallest absolute Gasteiger partial charge is 0.311 e. The van der Waals surface area contributed by atoms with Gasteiger partial charge in [0.05, 0.1) is 4.92 Å². The Hall–Kier alpha value is -1.69. The number of anilines is 1. The molecule has 20 heavy (non-hydrogen) atoms. The van der Waals surface area contributed by atoms with E-state index in [1.54, 1.807) is 12.3 Å². The lowest BCUT2D eigenvalue weighted by molar-refractivity contribution is -0.384. The van der Waals surface area contributed by atoms with Gasteiger partial charge in [-0.05, 0) is 25.3 Å². The number of likely N-dealkylation sites (tertiary alicyclic amines) is 1. The lowest BCUT2D eigenvalue weighted by Crippen LogP contribution is -2.33. The molecule has 6 nitrogen and oxygen atoms in total. The minimum absolute atomic E-state index is 0.0619. The molecule has 1 aliphatic heterocycles. The maximum atomic E-state index is 11.0. The third-order valence-corrected chi connectivity index (χ3v) is 4.38. The summed E-state index contributed by atoms with van der Waals surface area (Å²) in [5, 5.41) is 14.2. The minimum atomic E-state index is -0.376. The predicted molar refractivity (Wildman–Crippen MR) is 76.7 cm³/mol. The topological polar surface area (TPSA) is 71.3 Å². The highest BCUT2D eigenvalue weighted by Gasteiger charge is 2.30. The zero-order valence-electron chi connectivity index (χ0n) is 11.5. The zero-order chi connectivity index (χ0) is 13.9. The average molecular weight is 276 g/mol. The Kier molecular flexibility index (Phi) is 3.82. The number of nitro groups is 1. The maximum absolute atomic E-state index is 11.0. The van der Waals surface area contributed by atoms with Crippen LogP contribution in [0.15, 0.2) is 18.3 Å². The van der Waals surface area contributed by atoms with Crippen molar-refractivity contribution in [3.8, 4) is 0 Å². The van der Waals surface area contributed by atoms with Crippen LogP contribution in [0.5, 0.6) is 0 Å². The van der Waals surface area contributed by atoms with Crippen molar-refractivity contribution in [2.75, 3.05) is 18.4 Å². The molecule has 1 saturated heterocycles. The van der Waals surface area contributed by atoms with E-state index in [0.29, 0.717) is 5.82 Å². The molecule has 1 saturated carbocycles. The summed E-state index contributed by atoms with van der Waals surface area (Å²) in [7, 11) is 0. The molecular weight excluding hydrogens is 256 g/mol. The van der Waals surface area contributed by atoms with Crippen molar-refractivity contribution in [1.82, 2.24) is 9.88 Å². The predicted octanol–water partition coefficient (Wildman–Crippen LogP) is 2.42. The molecule has 1 aromatic rings. The number of rotatable bonds is 4. The minimum Gasteiger partial charge on any atom is -0.360 e. The van der Waals surface area contributed by atoms with Crippen LogP contribution in [-0.4, -0.2) is 40.0 Å². The van der Waals surface area contributed by atoms with Crippen molar-refractivity contribution in [2.45, 2.75) is 44.2 Å². The summed E-state index contributed by atoms with van der Waals surface area (Å²) in [6.07, 6.45) is 7.91. The Morgan fingerprint density at radius 2 is 2.15 bits per heavy atom. The number of hydrogen-bond donors (Lipinski definition) is 1. The van der Waals surface area contributed by atoms with E-state index in [-0.39, 0.29) is 16.7 Å². The highest BCUT2D eigenvalue weighted by molar-refractivity contribution is 5.55. The number of nitrogens with zero attached hydrogens (tertiary/aromatic N) is 3. The van der Waals surface area contributed by atoms with Gasteiger partial charge >= 0.3 is 5.69 Å². The molecule has 1 aliphatic carbocycles. The monoisotopic (exact) mass is 276 g/mol. The van der Waals surface area contributed by atoms with Crippen LogP contribution in [0.25, 0.3) is 0 Å². The van der Waals surface area contributed by atoms with Crippen molar-refractivity contribution >= 4 is 11.5 Å². The second-order valence-corrected chi connectivity index (χ2v) is 5.69. The Balaban J connectivity index is 1.63. The first-order chi connectivity index (χ1) is 9.74. The number of pyridine rings is 1. The molecule has 0 bridgehead atoms. The van der Waals surface area contributed by atoms with E-state index in [4.69, 9.17) is 0 Å². The molecule has 6 heteroatoms. The van der Waals surface area contributed by atoms with E-state index in [0.717, 1.165) is 25.6 Å². The number of aromatic nitrogens is 1. The summed E-state index contributed by atoms with van der Waals surface area (Å²) in [5.74, 6) is 0.399. The van der Waals surface area contributed by atoms with Crippen LogP contribution < -0.4 is 5.32 Å². The molecule has 0 amide bonds. The highest BCUT2D eigenvalue weighted by Crippen LogP contribution is 2.28. The van der Waals surface area contributed by atoms with Gasteiger partial charge in [-0.25, -0.2) is 4.98 Å². The molecule has 3 rings (SSSR count). The van der Waals surface area contributed by atoms with Crippen LogP contribution in [0, 0.1) is 10.1 Å². The zero-order valence-corrected chi connectivity index (χ0v) is 11.5. The highest BCUT2D eigenvalue weighted by atomic mass is 16.6. The molecule has 1 unspecified atom stereocenters. The van der Waals surface area contributed by atoms with Gasteiger partial charge in [0.25, 0.3) is 0 Å². The van der Waals surface area contributed by atoms with Gasteiger partial charge < -0.3 is 5.32 Å². The first-order valence-electron chi connectivity index (χ1n) is 7.34. The first-order valence-corrected chi connectivity index (χ1v) is 7.34. The summed E-state index contributed by atoms with van der Waals surface area (Å²) in [6, 6.07) is 4.09. The van der Waals surface area contributed by atoms with Crippen LogP contribution >= 0.6 is 0 Å². The molecule has 0 radical (unpaired) electrons. The molecule has 1 aromatic heterocycles. The quantitative estimate of drug-likeness (QED) is 0.675. The molecule has 108 valence electrons. The molecule has 0 aromatic carbocycles. The molecule has 2 aliphatic rings.